The quantitative estimate of drug-likeness (QED) is 0.666. The fourth-order valence-electron chi connectivity index (χ4n) is 5.08. The number of carboxylic acids is 1. The van der Waals surface area contributed by atoms with E-state index in [1.807, 2.05) is 38.1 Å². The molecule has 1 saturated heterocycles. The zero-order valence-corrected chi connectivity index (χ0v) is 19.9. The summed E-state index contributed by atoms with van der Waals surface area (Å²) >= 11 is 0. The molecule has 3 atom stereocenters. The molecule has 0 radical (unpaired) electrons. The van der Waals surface area contributed by atoms with Gasteiger partial charge in [0, 0.05) is 19.0 Å². The normalized spacial score (nSPS) is 21.2. The topological polar surface area (TPSA) is 95.9 Å². The van der Waals surface area contributed by atoms with Gasteiger partial charge in [-0.15, -0.1) is 0 Å². The zero-order valence-electron chi connectivity index (χ0n) is 19.9. The van der Waals surface area contributed by atoms with Crippen LogP contribution in [0.2, 0.25) is 0 Å². The summed E-state index contributed by atoms with van der Waals surface area (Å²) < 4.78 is 5.64. The molecule has 2 aliphatic rings. The number of nitrogens with one attached hydrogen (secondary N) is 1. The number of amides is 2. The maximum atomic E-state index is 13.3. The highest BCUT2D eigenvalue weighted by molar-refractivity contribution is 5.90. The summed E-state index contributed by atoms with van der Waals surface area (Å²) in [4.78, 5) is 39.3. The third-order valence-corrected chi connectivity index (χ3v) is 7.46. The van der Waals surface area contributed by atoms with Gasteiger partial charge in [0.25, 0.3) is 0 Å². The van der Waals surface area contributed by atoms with Crippen LogP contribution in [0.15, 0.2) is 48.5 Å². The lowest BCUT2D eigenvalue weighted by molar-refractivity contribution is -0.150. The van der Waals surface area contributed by atoms with Crippen molar-refractivity contribution in [2.45, 2.75) is 45.1 Å². The molecule has 0 bridgehead atoms. The van der Waals surface area contributed by atoms with E-state index in [2.05, 4.69) is 29.6 Å². The van der Waals surface area contributed by atoms with Gasteiger partial charge in [-0.3, -0.25) is 9.59 Å². The molecule has 180 valence electrons. The third kappa shape index (κ3) is 4.39. The fourth-order valence-corrected chi connectivity index (χ4v) is 5.08. The van der Waals surface area contributed by atoms with Crippen molar-refractivity contribution in [3.05, 3.63) is 59.7 Å². The summed E-state index contributed by atoms with van der Waals surface area (Å²) in [5.74, 6) is -1.84. The van der Waals surface area contributed by atoms with Crippen molar-refractivity contribution in [3.8, 4) is 11.1 Å². The first-order valence-corrected chi connectivity index (χ1v) is 11.9. The van der Waals surface area contributed by atoms with Crippen molar-refractivity contribution in [3.63, 3.8) is 0 Å². The Morgan fingerprint density at radius 1 is 1.09 bits per heavy atom. The standard InChI is InChI=1S/C27H32N2O5/c1-4-27(3,25(32)29-14-13-17(2)22(15-29)24(30)31)28-26(33)34-16-23-20-11-7-5-9-18(20)19-10-6-8-12-21(19)23/h5-12,17,22-23H,4,13-16H2,1-3H3,(H,28,33)(H,30,31). The van der Waals surface area contributed by atoms with Crippen LogP contribution in [0.4, 0.5) is 4.79 Å². The van der Waals surface area contributed by atoms with Gasteiger partial charge in [0.2, 0.25) is 5.91 Å². The molecule has 0 saturated carbocycles. The van der Waals surface area contributed by atoms with Crippen LogP contribution < -0.4 is 5.32 Å². The number of likely N-dealkylation sites (tertiary alicyclic amines) is 1. The molecule has 1 heterocycles. The Hall–Kier alpha value is -3.35. The molecule has 2 aromatic rings. The predicted molar refractivity (Wildman–Crippen MR) is 128 cm³/mol. The lowest BCUT2D eigenvalue weighted by Crippen LogP contribution is -2.60. The van der Waals surface area contributed by atoms with E-state index in [0.29, 0.717) is 19.4 Å². The van der Waals surface area contributed by atoms with Crippen molar-refractivity contribution in [2.24, 2.45) is 11.8 Å². The highest BCUT2D eigenvalue weighted by atomic mass is 16.5. The minimum atomic E-state index is -1.17. The monoisotopic (exact) mass is 464 g/mol. The van der Waals surface area contributed by atoms with Gasteiger partial charge in [-0.05, 0) is 47.9 Å². The van der Waals surface area contributed by atoms with E-state index < -0.39 is 23.5 Å². The second kappa shape index (κ2) is 9.49. The minimum absolute atomic E-state index is 0.00419. The van der Waals surface area contributed by atoms with E-state index in [9.17, 15) is 19.5 Å². The first kappa shape index (κ1) is 23.8. The third-order valence-electron chi connectivity index (χ3n) is 7.46. The average Bonchev–Trinajstić information content (AvgIpc) is 3.16. The lowest BCUT2D eigenvalue weighted by Gasteiger charge is -2.40. The summed E-state index contributed by atoms with van der Waals surface area (Å²) in [6, 6.07) is 16.2. The molecule has 1 fully saturated rings. The highest BCUT2D eigenvalue weighted by Crippen LogP contribution is 2.44. The van der Waals surface area contributed by atoms with Gasteiger partial charge < -0.3 is 20.1 Å². The molecule has 7 heteroatoms. The molecule has 0 spiro atoms. The molecular formula is C27H32N2O5. The van der Waals surface area contributed by atoms with Crippen LogP contribution in [0.25, 0.3) is 11.1 Å². The molecule has 2 N–H and O–H groups in total. The lowest BCUT2D eigenvalue weighted by atomic mass is 9.85. The number of benzene rings is 2. The number of fused-ring (bicyclic) bond motifs is 3. The van der Waals surface area contributed by atoms with Crippen molar-refractivity contribution in [2.75, 3.05) is 19.7 Å². The summed E-state index contributed by atoms with van der Waals surface area (Å²) in [5.41, 5.74) is 3.36. The number of piperidine rings is 1. The molecule has 1 aliphatic heterocycles. The van der Waals surface area contributed by atoms with Crippen molar-refractivity contribution in [1.29, 1.82) is 0 Å². The van der Waals surface area contributed by atoms with Gasteiger partial charge >= 0.3 is 12.1 Å². The second-order valence-electron chi connectivity index (χ2n) is 9.60. The van der Waals surface area contributed by atoms with E-state index in [1.54, 1.807) is 11.8 Å². The zero-order chi connectivity index (χ0) is 24.5. The number of alkyl carbamates (subject to hydrolysis) is 1. The van der Waals surface area contributed by atoms with E-state index in [4.69, 9.17) is 4.74 Å². The van der Waals surface area contributed by atoms with Crippen LogP contribution in [0, 0.1) is 11.8 Å². The number of ether oxygens (including phenoxy) is 1. The van der Waals surface area contributed by atoms with Crippen LogP contribution in [0.5, 0.6) is 0 Å². The Bertz CT molecular complexity index is 1050. The number of nitrogens with zero attached hydrogens (tertiary/aromatic N) is 1. The van der Waals surface area contributed by atoms with E-state index in [1.165, 1.54) is 0 Å². The molecule has 3 unspecified atom stereocenters. The number of hydrogen-bond donors (Lipinski definition) is 2. The second-order valence-corrected chi connectivity index (χ2v) is 9.60. The summed E-state index contributed by atoms with van der Waals surface area (Å²) in [6.45, 7) is 6.18. The first-order chi connectivity index (χ1) is 16.2. The molecule has 1 aliphatic carbocycles. The smallest absolute Gasteiger partial charge is 0.408 e. The van der Waals surface area contributed by atoms with Gasteiger partial charge in [0.15, 0.2) is 0 Å². The van der Waals surface area contributed by atoms with Gasteiger partial charge in [0.1, 0.15) is 12.1 Å². The molecule has 2 aromatic carbocycles. The Labute approximate surface area is 200 Å². The molecule has 0 aromatic heterocycles. The van der Waals surface area contributed by atoms with E-state index >= 15 is 0 Å². The van der Waals surface area contributed by atoms with Crippen molar-refractivity contribution < 1.29 is 24.2 Å². The van der Waals surface area contributed by atoms with Crippen LogP contribution >= 0.6 is 0 Å². The SMILES string of the molecule is CCC(C)(NC(=O)OCC1c2ccccc2-c2ccccc21)C(=O)N1CCC(C)C(C(=O)O)C1. The summed E-state index contributed by atoms with van der Waals surface area (Å²) in [6.07, 6.45) is 0.326. The predicted octanol–water partition coefficient (Wildman–Crippen LogP) is 4.26. The van der Waals surface area contributed by atoms with Crippen molar-refractivity contribution >= 4 is 18.0 Å². The number of carboxylic acid groups (broad SMARTS) is 1. The number of rotatable bonds is 6. The van der Waals surface area contributed by atoms with Crippen LogP contribution in [-0.2, 0) is 14.3 Å². The average molecular weight is 465 g/mol. The molecule has 34 heavy (non-hydrogen) atoms. The molecule has 4 rings (SSSR count). The number of hydrogen-bond acceptors (Lipinski definition) is 4. The Morgan fingerprint density at radius 2 is 1.68 bits per heavy atom. The Balaban J connectivity index is 1.43. The number of aliphatic carboxylic acids is 1. The fraction of sp³-hybridized carbons (Fsp3) is 0.444. The van der Waals surface area contributed by atoms with Crippen LogP contribution in [-0.4, -0.2) is 53.2 Å². The molecular weight excluding hydrogens is 432 g/mol. The van der Waals surface area contributed by atoms with Crippen molar-refractivity contribution in [1.82, 2.24) is 10.2 Å². The van der Waals surface area contributed by atoms with E-state index in [0.717, 1.165) is 22.3 Å². The van der Waals surface area contributed by atoms with Gasteiger partial charge in [0.05, 0.1) is 5.92 Å². The minimum Gasteiger partial charge on any atom is -0.481 e. The summed E-state index contributed by atoms with van der Waals surface area (Å²) in [7, 11) is 0. The largest absolute Gasteiger partial charge is 0.481 e. The number of carbonyl (C=O) groups is 3. The Kier molecular flexibility index (Phi) is 6.64. The maximum Gasteiger partial charge on any atom is 0.408 e. The van der Waals surface area contributed by atoms with Crippen LogP contribution in [0.3, 0.4) is 0 Å². The summed E-state index contributed by atoms with van der Waals surface area (Å²) in [5, 5.41) is 12.3. The van der Waals surface area contributed by atoms with Gasteiger partial charge in [-0.25, -0.2) is 4.79 Å². The number of carbonyl (C=O) groups excluding carboxylic acids is 2. The van der Waals surface area contributed by atoms with E-state index in [-0.39, 0.29) is 30.9 Å². The van der Waals surface area contributed by atoms with Gasteiger partial charge in [-0.2, -0.15) is 0 Å². The maximum absolute atomic E-state index is 13.3. The Morgan fingerprint density at radius 3 is 2.24 bits per heavy atom. The molecule has 7 nitrogen and oxygen atoms in total. The highest BCUT2D eigenvalue weighted by Gasteiger charge is 2.41. The first-order valence-electron chi connectivity index (χ1n) is 11.9. The van der Waals surface area contributed by atoms with Gasteiger partial charge in [-0.1, -0.05) is 62.4 Å². The molecule has 2 amide bonds. The van der Waals surface area contributed by atoms with Crippen LogP contribution in [0.1, 0.15) is 50.7 Å².